The Labute approximate surface area is 92.3 Å². The zero-order valence-corrected chi connectivity index (χ0v) is 8.69. The van der Waals surface area contributed by atoms with Crippen LogP contribution in [-0.4, -0.2) is 16.1 Å². The van der Waals surface area contributed by atoms with Crippen LogP contribution in [-0.2, 0) is 6.42 Å². The van der Waals surface area contributed by atoms with Gasteiger partial charge in [-0.3, -0.25) is 0 Å². The first-order chi connectivity index (χ1) is 7.49. The number of aromatic nitrogens is 2. The van der Waals surface area contributed by atoms with Gasteiger partial charge in [-0.05, 0) is 11.4 Å². The minimum atomic E-state index is -4.32. The number of nitrogens with two attached hydrogens (primary N) is 1. The molecule has 0 atom stereocenters. The molecule has 0 aliphatic carbocycles. The molecule has 0 aliphatic heterocycles. The lowest BCUT2D eigenvalue weighted by Crippen LogP contribution is -2.16. The van der Waals surface area contributed by atoms with E-state index in [-0.39, 0.29) is 11.6 Å². The van der Waals surface area contributed by atoms with Crippen LogP contribution >= 0.6 is 11.3 Å². The van der Waals surface area contributed by atoms with Crippen LogP contribution in [0.2, 0.25) is 0 Å². The van der Waals surface area contributed by atoms with E-state index in [0.717, 1.165) is 0 Å². The maximum absolute atomic E-state index is 12.2. The van der Waals surface area contributed by atoms with Crippen molar-refractivity contribution in [2.45, 2.75) is 12.6 Å². The highest BCUT2D eigenvalue weighted by Gasteiger charge is 2.29. The summed E-state index contributed by atoms with van der Waals surface area (Å²) in [6.45, 7) is 0. The van der Waals surface area contributed by atoms with Crippen LogP contribution in [0.4, 0.5) is 19.0 Å². The average molecular weight is 248 g/mol. The quantitative estimate of drug-likeness (QED) is 0.631. The maximum Gasteiger partial charge on any atom is 0.396 e. The third kappa shape index (κ3) is 2.22. The Morgan fingerprint density at radius 3 is 2.75 bits per heavy atom. The van der Waals surface area contributed by atoms with Gasteiger partial charge in [-0.2, -0.15) is 13.2 Å². The molecule has 0 bridgehead atoms. The van der Waals surface area contributed by atoms with Crippen LogP contribution in [0.3, 0.4) is 0 Å². The SMILES string of the molecule is NNc1nc(CC(F)(F)F)nc2sccc12. The predicted molar refractivity (Wildman–Crippen MR) is 55.0 cm³/mol. The fourth-order valence-corrected chi connectivity index (χ4v) is 2.05. The second-order valence-corrected chi connectivity index (χ2v) is 3.96. The van der Waals surface area contributed by atoms with Crippen LogP contribution in [0.15, 0.2) is 11.4 Å². The summed E-state index contributed by atoms with van der Waals surface area (Å²) in [6.07, 6.45) is -5.48. The smallest absolute Gasteiger partial charge is 0.308 e. The van der Waals surface area contributed by atoms with Crippen molar-refractivity contribution in [1.29, 1.82) is 0 Å². The average Bonchev–Trinajstić information content (AvgIpc) is 2.61. The van der Waals surface area contributed by atoms with Gasteiger partial charge in [0.05, 0.1) is 5.39 Å². The van der Waals surface area contributed by atoms with Crippen LogP contribution < -0.4 is 11.3 Å². The van der Waals surface area contributed by atoms with Crippen LogP contribution in [0.5, 0.6) is 0 Å². The Balaban J connectivity index is 2.47. The Morgan fingerprint density at radius 1 is 1.38 bits per heavy atom. The van der Waals surface area contributed by atoms with E-state index >= 15 is 0 Å². The first-order valence-corrected chi connectivity index (χ1v) is 5.15. The summed E-state index contributed by atoms with van der Waals surface area (Å²) in [5, 5.41) is 2.34. The van der Waals surface area contributed by atoms with E-state index in [1.807, 2.05) is 0 Å². The lowest BCUT2D eigenvalue weighted by molar-refractivity contribution is -0.128. The summed E-state index contributed by atoms with van der Waals surface area (Å²) in [6, 6.07) is 1.70. The number of alkyl halides is 3. The number of halogens is 3. The molecule has 0 saturated carbocycles. The molecule has 0 fully saturated rings. The van der Waals surface area contributed by atoms with Crippen molar-refractivity contribution in [2.24, 2.45) is 5.84 Å². The zero-order valence-electron chi connectivity index (χ0n) is 7.88. The van der Waals surface area contributed by atoms with E-state index in [0.29, 0.717) is 10.2 Å². The second-order valence-electron chi connectivity index (χ2n) is 3.06. The molecule has 86 valence electrons. The number of hydrogen-bond acceptors (Lipinski definition) is 5. The molecule has 2 rings (SSSR count). The van der Waals surface area contributed by atoms with Crippen molar-refractivity contribution in [1.82, 2.24) is 9.97 Å². The first kappa shape index (κ1) is 11.1. The lowest BCUT2D eigenvalue weighted by Gasteiger charge is -2.07. The molecule has 16 heavy (non-hydrogen) atoms. The Morgan fingerprint density at radius 2 is 2.12 bits per heavy atom. The topological polar surface area (TPSA) is 63.8 Å². The van der Waals surface area contributed by atoms with Gasteiger partial charge in [0.15, 0.2) is 5.82 Å². The summed E-state index contributed by atoms with van der Waals surface area (Å²) in [5.74, 6) is 5.12. The molecular weight excluding hydrogens is 241 g/mol. The molecule has 0 radical (unpaired) electrons. The number of thiophene rings is 1. The van der Waals surface area contributed by atoms with Crippen molar-refractivity contribution in [3.8, 4) is 0 Å². The van der Waals surface area contributed by atoms with E-state index in [1.165, 1.54) is 11.3 Å². The molecular formula is C8H7F3N4S. The highest BCUT2D eigenvalue weighted by Crippen LogP contribution is 2.26. The van der Waals surface area contributed by atoms with Gasteiger partial charge in [-0.15, -0.1) is 11.3 Å². The van der Waals surface area contributed by atoms with Crippen LogP contribution in [0, 0.1) is 0 Å². The monoisotopic (exact) mass is 248 g/mol. The van der Waals surface area contributed by atoms with Crippen molar-refractivity contribution in [3.63, 3.8) is 0 Å². The van der Waals surface area contributed by atoms with Gasteiger partial charge in [-0.1, -0.05) is 0 Å². The molecule has 3 N–H and O–H groups in total. The van der Waals surface area contributed by atoms with Gasteiger partial charge in [0.2, 0.25) is 0 Å². The Hall–Kier alpha value is -1.41. The molecule has 2 aromatic rings. The number of anilines is 1. The summed E-state index contributed by atoms with van der Waals surface area (Å²) in [5.41, 5.74) is 2.27. The van der Waals surface area contributed by atoms with Gasteiger partial charge < -0.3 is 5.43 Å². The van der Waals surface area contributed by atoms with E-state index in [9.17, 15) is 13.2 Å². The second kappa shape index (κ2) is 3.87. The van der Waals surface area contributed by atoms with Crippen molar-refractivity contribution >= 4 is 27.4 Å². The minimum Gasteiger partial charge on any atom is -0.308 e. The molecule has 0 unspecified atom stereocenters. The summed E-state index contributed by atoms with van der Waals surface area (Å²) in [7, 11) is 0. The summed E-state index contributed by atoms with van der Waals surface area (Å²) >= 11 is 1.24. The lowest BCUT2D eigenvalue weighted by atomic mass is 10.3. The number of nitrogens with one attached hydrogen (secondary N) is 1. The standard InChI is InChI=1S/C8H7F3N4S/c9-8(10,11)3-5-13-6(15-12)4-1-2-16-7(4)14-5/h1-2H,3,12H2,(H,13,14,15). The predicted octanol–water partition coefficient (Wildman–Crippen LogP) is 2.08. The van der Waals surface area contributed by atoms with Crippen LogP contribution in [0.1, 0.15) is 5.82 Å². The number of hydrazine groups is 1. The van der Waals surface area contributed by atoms with Gasteiger partial charge in [-0.25, -0.2) is 15.8 Å². The molecule has 0 spiro atoms. The molecule has 8 heteroatoms. The molecule has 0 amide bonds. The largest absolute Gasteiger partial charge is 0.396 e. The molecule has 2 aromatic heterocycles. The van der Waals surface area contributed by atoms with E-state index < -0.39 is 12.6 Å². The van der Waals surface area contributed by atoms with E-state index in [4.69, 9.17) is 5.84 Å². The van der Waals surface area contributed by atoms with Crippen molar-refractivity contribution < 1.29 is 13.2 Å². The van der Waals surface area contributed by atoms with Crippen molar-refractivity contribution in [3.05, 3.63) is 17.3 Å². The first-order valence-electron chi connectivity index (χ1n) is 4.27. The zero-order chi connectivity index (χ0) is 11.8. The van der Waals surface area contributed by atoms with Crippen LogP contribution in [0.25, 0.3) is 10.2 Å². The number of hydrogen-bond donors (Lipinski definition) is 2. The number of fused-ring (bicyclic) bond motifs is 1. The van der Waals surface area contributed by atoms with Gasteiger partial charge in [0.25, 0.3) is 0 Å². The molecule has 4 nitrogen and oxygen atoms in total. The van der Waals surface area contributed by atoms with Gasteiger partial charge >= 0.3 is 6.18 Å². The van der Waals surface area contributed by atoms with Crippen molar-refractivity contribution in [2.75, 3.05) is 5.43 Å². The molecule has 2 heterocycles. The highest BCUT2D eigenvalue weighted by molar-refractivity contribution is 7.16. The highest BCUT2D eigenvalue weighted by atomic mass is 32.1. The van der Waals surface area contributed by atoms with E-state index in [1.54, 1.807) is 11.4 Å². The summed E-state index contributed by atoms with van der Waals surface area (Å²) in [4.78, 5) is 8.03. The third-order valence-corrected chi connectivity index (χ3v) is 2.67. The number of nitrogens with zero attached hydrogens (tertiary/aromatic N) is 2. The Bertz CT molecular complexity index is 507. The molecule has 0 aromatic carbocycles. The maximum atomic E-state index is 12.2. The van der Waals surface area contributed by atoms with E-state index in [2.05, 4.69) is 15.4 Å². The summed E-state index contributed by atoms with van der Waals surface area (Å²) < 4.78 is 36.5. The van der Waals surface area contributed by atoms with Gasteiger partial charge in [0.1, 0.15) is 17.1 Å². The minimum absolute atomic E-state index is 0.213. The fourth-order valence-electron chi connectivity index (χ4n) is 1.27. The molecule has 0 aliphatic rings. The molecule has 0 saturated heterocycles. The third-order valence-electron chi connectivity index (χ3n) is 1.87. The fraction of sp³-hybridized carbons (Fsp3) is 0.250. The normalized spacial score (nSPS) is 12.0. The number of nitrogen functional groups attached to an aromatic ring is 1. The Kier molecular flexibility index (Phi) is 2.68. The number of rotatable bonds is 2. The van der Waals surface area contributed by atoms with Gasteiger partial charge in [0, 0.05) is 0 Å².